The number of hydrogen-bond acceptors (Lipinski definition) is 3. The molecular formula is C11H10ClFO4. The van der Waals surface area contributed by atoms with Gasteiger partial charge < -0.3 is 14.6 Å². The maximum Gasteiger partial charge on any atom is 0.303 e. The predicted molar refractivity (Wildman–Crippen MR) is 58.4 cm³/mol. The van der Waals surface area contributed by atoms with E-state index < -0.39 is 11.8 Å². The van der Waals surface area contributed by atoms with Crippen LogP contribution in [0.1, 0.15) is 12.0 Å². The minimum Gasteiger partial charge on any atom is -0.486 e. The molecule has 0 saturated carbocycles. The highest BCUT2D eigenvalue weighted by Crippen LogP contribution is 2.39. The summed E-state index contributed by atoms with van der Waals surface area (Å²) in [6, 6.07) is 1.34. The number of hydrogen-bond donors (Lipinski definition) is 1. The third-order valence-corrected chi connectivity index (χ3v) is 2.68. The van der Waals surface area contributed by atoms with Crippen LogP contribution in [0.3, 0.4) is 0 Å². The van der Waals surface area contributed by atoms with Crippen LogP contribution in [0.15, 0.2) is 6.07 Å². The molecule has 1 aliphatic rings. The molecule has 0 saturated heterocycles. The summed E-state index contributed by atoms with van der Waals surface area (Å²) in [7, 11) is 0. The number of fused-ring (bicyclic) bond motifs is 1. The summed E-state index contributed by atoms with van der Waals surface area (Å²) in [6.45, 7) is 0.682. The smallest absolute Gasteiger partial charge is 0.303 e. The summed E-state index contributed by atoms with van der Waals surface area (Å²) in [5.74, 6) is -1.02. The maximum absolute atomic E-state index is 13.8. The van der Waals surface area contributed by atoms with Gasteiger partial charge >= 0.3 is 5.97 Å². The van der Waals surface area contributed by atoms with Crippen LogP contribution in [-0.2, 0) is 11.2 Å². The first-order valence-corrected chi connectivity index (χ1v) is 5.45. The van der Waals surface area contributed by atoms with E-state index in [1.54, 1.807) is 0 Å². The van der Waals surface area contributed by atoms with E-state index in [0.717, 1.165) is 0 Å². The highest BCUT2D eigenvalue weighted by Gasteiger charge is 2.22. The SMILES string of the molecule is O=C(O)CCc1c(F)c(Cl)cc2c1OCCO2. The van der Waals surface area contributed by atoms with E-state index >= 15 is 0 Å². The van der Waals surface area contributed by atoms with E-state index in [1.807, 2.05) is 0 Å². The first kappa shape index (κ1) is 12.0. The summed E-state index contributed by atoms with van der Waals surface area (Å²) in [5, 5.41) is 8.52. The molecule has 0 atom stereocenters. The lowest BCUT2D eigenvalue weighted by molar-refractivity contribution is -0.136. The van der Waals surface area contributed by atoms with Gasteiger partial charge in [-0.05, 0) is 6.42 Å². The molecule has 0 bridgehead atoms. The molecule has 0 amide bonds. The first-order valence-electron chi connectivity index (χ1n) is 5.08. The fraction of sp³-hybridized carbons (Fsp3) is 0.364. The Morgan fingerprint density at radius 1 is 1.47 bits per heavy atom. The van der Waals surface area contributed by atoms with E-state index in [-0.39, 0.29) is 29.2 Å². The summed E-state index contributed by atoms with van der Waals surface area (Å²) < 4.78 is 24.4. The van der Waals surface area contributed by atoms with Crippen molar-refractivity contribution in [3.05, 3.63) is 22.5 Å². The molecule has 0 fully saturated rings. The molecule has 1 aromatic rings. The molecule has 0 spiro atoms. The van der Waals surface area contributed by atoms with Crippen molar-refractivity contribution in [3.63, 3.8) is 0 Å². The number of carboxylic acid groups (broad SMARTS) is 1. The summed E-state index contributed by atoms with van der Waals surface area (Å²) in [4.78, 5) is 10.5. The topological polar surface area (TPSA) is 55.8 Å². The molecule has 92 valence electrons. The monoisotopic (exact) mass is 260 g/mol. The minimum atomic E-state index is -1.00. The van der Waals surface area contributed by atoms with Crippen LogP contribution in [0.4, 0.5) is 4.39 Å². The second-order valence-electron chi connectivity index (χ2n) is 3.57. The Kier molecular flexibility index (Phi) is 3.38. The zero-order valence-electron chi connectivity index (χ0n) is 8.83. The zero-order valence-corrected chi connectivity index (χ0v) is 9.59. The molecule has 17 heavy (non-hydrogen) atoms. The third-order valence-electron chi connectivity index (χ3n) is 2.41. The standard InChI is InChI=1S/C11H10ClFO4/c12-7-5-8-11(17-4-3-16-8)6(10(7)13)1-2-9(14)15/h5H,1-4H2,(H,14,15). The third kappa shape index (κ3) is 2.44. The predicted octanol–water partition coefficient (Wildman–Crippen LogP) is 2.27. The quantitative estimate of drug-likeness (QED) is 0.906. The van der Waals surface area contributed by atoms with Crippen molar-refractivity contribution >= 4 is 17.6 Å². The Morgan fingerprint density at radius 3 is 2.88 bits per heavy atom. The summed E-state index contributed by atoms with van der Waals surface area (Å²) >= 11 is 5.71. The molecule has 1 aromatic carbocycles. The highest BCUT2D eigenvalue weighted by atomic mass is 35.5. The van der Waals surface area contributed by atoms with Crippen LogP contribution in [-0.4, -0.2) is 24.3 Å². The van der Waals surface area contributed by atoms with Crippen molar-refractivity contribution in [2.45, 2.75) is 12.8 Å². The molecule has 1 N–H and O–H groups in total. The minimum absolute atomic E-state index is 0.0212. The molecular weight excluding hydrogens is 251 g/mol. The van der Waals surface area contributed by atoms with Gasteiger partial charge in [-0.25, -0.2) is 4.39 Å². The van der Waals surface area contributed by atoms with Crippen LogP contribution < -0.4 is 9.47 Å². The van der Waals surface area contributed by atoms with Crippen LogP contribution in [0.25, 0.3) is 0 Å². The lowest BCUT2D eigenvalue weighted by Gasteiger charge is -2.21. The molecule has 4 nitrogen and oxygen atoms in total. The normalized spacial score (nSPS) is 13.5. The van der Waals surface area contributed by atoms with Crippen LogP contribution >= 0.6 is 11.6 Å². The number of ether oxygens (including phenoxy) is 2. The number of halogens is 2. The lowest BCUT2D eigenvalue weighted by atomic mass is 10.1. The molecule has 1 heterocycles. The molecule has 1 aliphatic heterocycles. The van der Waals surface area contributed by atoms with Gasteiger partial charge in [0, 0.05) is 18.1 Å². The summed E-state index contributed by atoms with van der Waals surface area (Å²) in [5.41, 5.74) is 0.162. The second-order valence-corrected chi connectivity index (χ2v) is 3.98. The van der Waals surface area contributed by atoms with Gasteiger partial charge in [-0.1, -0.05) is 11.6 Å². The van der Waals surface area contributed by atoms with Crippen molar-refractivity contribution in [2.24, 2.45) is 0 Å². The van der Waals surface area contributed by atoms with Crippen molar-refractivity contribution in [1.29, 1.82) is 0 Å². The Bertz CT molecular complexity index is 461. The molecule has 0 aromatic heterocycles. The Labute approximate surface area is 102 Å². The van der Waals surface area contributed by atoms with Gasteiger partial charge in [-0.3, -0.25) is 4.79 Å². The molecule has 2 rings (SSSR count). The number of carboxylic acids is 1. The zero-order chi connectivity index (χ0) is 12.4. The molecule has 0 unspecified atom stereocenters. The fourth-order valence-corrected chi connectivity index (χ4v) is 1.87. The Balaban J connectivity index is 2.39. The number of aliphatic carboxylic acids is 1. The number of rotatable bonds is 3. The number of carbonyl (C=O) groups is 1. The van der Waals surface area contributed by atoms with E-state index in [9.17, 15) is 9.18 Å². The van der Waals surface area contributed by atoms with E-state index in [0.29, 0.717) is 19.0 Å². The van der Waals surface area contributed by atoms with Gasteiger partial charge in [0.1, 0.15) is 19.0 Å². The Hall–Kier alpha value is -1.49. The van der Waals surface area contributed by atoms with Gasteiger partial charge in [0.25, 0.3) is 0 Å². The van der Waals surface area contributed by atoms with Gasteiger partial charge in [0.05, 0.1) is 5.02 Å². The van der Waals surface area contributed by atoms with Crippen LogP contribution in [0, 0.1) is 5.82 Å². The largest absolute Gasteiger partial charge is 0.486 e. The highest BCUT2D eigenvalue weighted by molar-refractivity contribution is 6.31. The van der Waals surface area contributed by atoms with Crippen LogP contribution in [0.2, 0.25) is 5.02 Å². The Morgan fingerprint density at radius 2 is 2.18 bits per heavy atom. The van der Waals surface area contributed by atoms with Crippen molar-refractivity contribution in [3.8, 4) is 11.5 Å². The number of benzene rings is 1. The lowest BCUT2D eigenvalue weighted by Crippen LogP contribution is -2.17. The van der Waals surface area contributed by atoms with Crippen molar-refractivity contribution in [2.75, 3.05) is 13.2 Å². The van der Waals surface area contributed by atoms with Gasteiger partial charge in [-0.15, -0.1) is 0 Å². The fourth-order valence-electron chi connectivity index (χ4n) is 1.65. The van der Waals surface area contributed by atoms with E-state index in [1.165, 1.54) is 6.07 Å². The maximum atomic E-state index is 13.8. The van der Waals surface area contributed by atoms with Crippen molar-refractivity contribution in [1.82, 2.24) is 0 Å². The average molecular weight is 261 g/mol. The summed E-state index contributed by atoms with van der Waals surface area (Å²) in [6.07, 6.45) is -0.166. The van der Waals surface area contributed by atoms with Gasteiger partial charge in [-0.2, -0.15) is 0 Å². The van der Waals surface area contributed by atoms with Crippen molar-refractivity contribution < 1.29 is 23.8 Å². The van der Waals surface area contributed by atoms with E-state index in [4.69, 9.17) is 26.2 Å². The molecule has 0 radical (unpaired) electrons. The van der Waals surface area contributed by atoms with Gasteiger partial charge in [0.2, 0.25) is 0 Å². The van der Waals surface area contributed by atoms with Crippen LogP contribution in [0.5, 0.6) is 11.5 Å². The molecule has 0 aliphatic carbocycles. The van der Waals surface area contributed by atoms with Gasteiger partial charge in [0.15, 0.2) is 11.5 Å². The van der Waals surface area contributed by atoms with E-state index in [2.05, 4.69) is 0 Å². The second kappa shape index (κ2) is 4.79. The first-order chi connectivity index (χ1) is 8.09. The average Bonchev–Trinajstić information content (AvgIpc) is 2.29. The molecule has 6 heteroatoms.